The number of hydrogen-bond acceptors (Lipinski definition) is 2. The number of allylic oxidation sites excluding steroid dienone is 1. The summed E-state index contributed by atoms with van der Waals surface area (Å²) in [5, 5.41) is 8.80. The number of aliphatic hydroxyl groups is 1. The average Bonchev–Trinajstić information content (AvgIpc) is 1.84. The van der Waals surface area contributed by atoms with Gasteiger partial charge in [-0.3, -0.25) is 0 Å². The van der Waals surface area contributed by atoms with Gasteiger partial charge in [-0.2, -0.15) is 0 Å². The van der Waals surface area contributed by atoms with Crippen molar-refractivity contribution in [2.75, 3.05) is 7.11 Å². The monoisotopic (exact) mass is 182 g/mol. The SMILES string of the molecule is CO/C(O)=C(\C)[Se]C. The average molecular weight is 181 g/mol. The van der Waals surface area contributed by atoms with Gasteiger partial charge in [0.15, 0.2) is 0 Å². The van der Waals surface area contributed by atoms with Gasteiger partial charge in [-0.25, -0.2) is 0 Å². The van der Waals surface area contributed by atoms with E-state index in [9.17, 15) is 0 Å². The third-order valence-corrected chi connectivity index (χ3v) is 2.45. The quantitative estimate of drug-likeness (QED) is 0.511. The number of methoxy groups -OCH3 is 1. The first kappa shape index (κ1) is 7.86. The number of rotatable bonds is 2. The zero-order valence-electron chi connectivity index (χ0n) is 5.26. The molecule has 0 fully saturated rings. The van der Waals surface area contributed by atoms with Crippen molar-refractivity contribution in [3.05, 3.63) is 10.4 Å². The van der Waals surface area contributed by atoms with Crippen LogP contribution < -0.4 is 0 Å². The predicted octanol–water partition coefficient (Wildman–Crippen LogP) is 1.13. The van der Waals surface area contributed by atoms with Crippen molar-refractivity contribution >= 4 is 15.0 Å². The van der Waals surface area contributed by atoms with Gasteiger partial charge in [0.1, 0.15) is 0 Å². The minimum atomic E-state index is 0.0764. The molecule has 3 heteroatoms. The van der Waals surface area contributed by atoms with E-state index in [-0.39, 0.29) is 5.95 Å². The summed E-state index contributed by atoms with van der Waals surface area (Å²) in [5.74, 6) is 2.10. The maximum absolute atomic E-state index is 8.80. The Labute approximate surface area is 55.7 Å². The Morgan fingerprint density at radius 3 is 2.25 bits per heavy atom. The van der Waals surface area contributed by atoms with Gasteiger partial charge in [0, 0.05) is 0 Å². The Morgan fingerprint density at radius 1 is 1.62 bits per heavy atom. The molecule has 0 heterocycles. The van der Waals surface area contributed by atoms with Crippen LogP contribution in [0.4, 0.5) is 0 Å². The molecular formula is C5H10O2Se. The van der Waals surface area contributed by atoms with Gasteiger partial charge in [-0.15, -0.1) is 0 Å². The fraction of sp³-hybridized carbons (Fsp3) is 0.600. The van der Waals surface area contributed by atoms with E-state index >= 15 is 0 Å². The first-order valence-corrected chi connectivity index (χ1v) is 4.77. The summed E-state index contributed by atoms with van der Waals surface area (Å²) >= 11 is 0.361. The first-order chi connectivity index (χ1) is 3.72. The van der Waals surface area contributed by atoms with Gasteiger partial charge in [-0.05, 0) is 0 Å². The molecule has 0 aliphatic rings. The van der Waals surface area contributed by atoms with Gasteiger partial charge in [0.25, 0.3) is 0 Å². The fourth-order valence-corrected chi connectivity index (χ4v) is 0.772. The summed E-state index contributed by atoms with van der Waals surface area (Å²) < 4.78 is 5.50. The second kappa shape index (κ2) is 3.81. The number of aliphatic hydroxyl groups excluding tert-OH is 1. The Hall–Kier alpha value is -0.141. The normalized spacial score (nSPS) is 12.9. The van der Waals surface area contributed by atoms with Crippen molar-refractivity contribution < 1.29 is 9.84 Å². The Morgan fingerprint density at radius 2 is 2.12 bits per heavy atom. The Kier molecular flexibility index (Phi) is 3.75. The van der Waals surface area contributed by atoms with E-state index in [0.29, 0.717) is 15.0 Å². The Balaban J connectivity index is 3.83. The van der Waals surface area contributed by atoms with Crippen LogP contribution in [0.1, 0.15) is 6.92 Å². The molecule has 0 radical (unpaired) electrons. The molecular weight excluding hydrogens is 171 g/mol. The molecule has 0 aromatic heterocycles. The van der Waals surface area contributed by atoms with Crippen LogP contribution in [0.5, 0.6) is 0 Å². The zero-order chi connectivity index (χ0) is 6.57. The standard InChI is InChI=1S/C5H10O2Se/c1-4(8-3)5(6)7-2/h6H,1-3H3/b5-4+. The molecule has 0 spiro atoms. The molecule has 2 nitrogen and oxygen atoms in total. The fourth-order valence-electron chi connectivity index (χ4n) is 0.231. The van der Waals surface area contributed by atoms with Crippen LogP contribution in [0.25, 0.3) is 0 Å². The van der Waals surface area contributed by atoms with Crippen LogP contribution >= 0.6 is 0 Å². The van der Waals surface area contributed by atoms with E-state index in [4.69, 9.17) is 5.11 Å². The van der Waals surface area contributed by atoms with E-state index in [1.165, 1.54) is 7.11 Å². The molecule has 0 aromatic rings. The number of hydrogen-bond donors (Lipinski definition) is 1. The van der Waals surface area contributed by atoms with Gasteiger partial charge in [0.2, 0.25) is 0 Å². The first-order valence-electron chi connectivity index (χ1n) is 2.20. The molecule has 0 saturated heterocycles. The molecule has 0 bridgehead atoms. The van der Waals surface area contributed by atoms with E-state index in [1.54, 1.807) is 0 Å². The Bertz CT molecular complexity index is 86.6. The molecule has 0 aliphatic carbocycles. The predicted molar refractivity (Wildman–Crippen MR) is 34.0 cm³/mol. The van der Waals surface area contributed by atoms with Crippen molar-refractivity contribution in [2.24, 2.45) is 0 Å². The second-order valence-electron chi connectivity index (χ2n) is 1.27. The topological polar surface area (TPSA) is 29.5 Å². The summed E-state index contributed by atoms with van der Waals surface area (Å²) in [7, 11) is 1.46. The maximum atomic E-state index is 8.80. The van der Waals surface area contributed by atoms with Crippen LogP contribution in [0.3, 0.4) is 0 Å². The van der Waals surface area contributed by atoms with E-state index in [2.05, 4.69) is 4.74 Å². The third kappa shape index (κ3) is 2.24. The summed E-state index contributed by atoms with van der Waals surface area (Å²) in [5.41, 5.74) is 0. The molecule has 0 amide bonds. The van der Waals surface area contributed by atoms with Crippen molar-refractivity contribution in [1.29, 1.82) is 0 Å². The summed E-state index contributed by atoms with van der Waals surface area (Å²) in [6.07, 6.45) is 0. The van der Waals surface area contributed by atoms with Crippen molar-refractivity contribution in [3.8, 4) is 0 Å². The van der Waals surface area contributed by atoms with Crippen molar-refractivity contribution in [2.45, 2.75) is 12.7 Å². The molecule has 0 rings (SSSR count). The van der Waals surface area contributed by atoms with Crippen LogP contribution in [-0.4, -0.2) is 27.2 Å². The van der Waals surface area contributed by atoms with Crippen molar-refractivity contribution in [1.82, 2.24) is 0 Å². The summed E-state index contributed by atoms with van der Waals surface area (Å²) in [4.78, 5) is 0. The van der Waals surface area contributed by atoms with Crippen LogP contribution in [0.2, 0.25) is 5.82 Å². The third-order valence-electron chi connectivity index (χ3n) is 0.801. The second-order valence-corrected chi connectivity index (χ2v) is 3.41. The van der Waals surface area contributed by atoms with Crippen molar-refractivity contribution in [3.63, 3.8) is 0 Å². The van der Waals surface area contributed by atoms with Gasteiger partial charge in [0.05, 0.1) is 0 Å². The zero-order valence-corrected chi connectivity index (χ0v) is 6.98. The van der Waals surface area contributed by atoms with E-state index in [1.807, 2.05) is 12.7 Å². The van der Waals surface area contributed by atoms with Crippen LogP contribution in [0, 0.1) is 0 Å². The van der Waals surface area contributed by atoms with Gasteiger partial charge in [-0.1, -0.05) is 0 Å². The molecule has 0 unspecified atom stereocenters. The minimum absolute atomic E-state index is 0.0764. The molecule has 8 heavy (non-hydrogen) atoms. The van der Waals surface area contributed by atoms with Gasteiger partial charge < -0.3 is 0 Å². The molecule has 48 valence electrons. The van der Waals surface area contributed by atoms with E-state index in [0.717, 1.165) is 4.47 Å². The molecule has 1 N–H and O–H groups in total. The number of ether oxygens (including phenoxy) is 1. The summed E-state index contributed by atoms with van der Waals surface area (Å²) in [6, 6.07) is 0. The van der Waals surface area contributed by atoms with Crippen LogP contribution in [0.15, 0.2) is 10.4 Å². The van der Waals surface area contributed by atoms with Crippen LogP contribution in [-0.2, 0) is 4.74 Å². The van der Waals surface area contributed by atoms with Gasteiger partial charge >= 0.3 is 55.1 Å². The molecule has 0 atom stereocenters. The summed E-state index contributed by atoms with van der Waals surface area (Å²) in [6.45, 7) is 1.86. The molecule has 0 aliphatic heterocycles. The van der Waals surface area contributed by atoms with E-state index < -0.39 is 0 Å². The molecule has 0 saturated carbocycles. The molecule has 0 aromatic carbocycles.